The van der Waals surface area contributed by atoms with Crippen LogP contribution in [0.1, 0.15) is 72.6 Å². The first-order chi connectivity index (χ1) is 19.4. The highest BCUT2D eigenvalue weighted by Crippen LogP contribution is 2.68. The molecule has 1 aromatic rings. The van der Waals surface area contributed by atoms with Crippen LogP contribution in [0.2, 0.25) is 0 Å². The first-order valence-electron chi connectivity index (χ1n) is 15.1. The summed E-state index contributed by atoms with van der Waals surface area (Å²) in [6, 6.07) is 1.62. The van der Waals surface area contributed by atoms with Gasteiger partial charge in [-0.05, 0) is 68.4 Å². The van der Waals surface area contributed by atoms with Gasteiger partial charge in [-0.25, -0.2) is 0 Å². The molecule has 9 atom stereocenters. The second-order valence-corrected chi connectivity index (χ2v) is 14.4. The highest BCUT2D eigenvalue weighted by Gasteiger charge is 2.68. The van der Waals surface area contributed by atoms with Crippen molar-refractivity contribution < 1.29 is 24.2 Å². The van der Waals surface area contributed by atoms with Gasteiger partial charge in [-0.3, -0.25) is 19.4 Å². The molecule has 1 aliphatic heterocycles. The van der Waals surface area contributed by atoms with Gasteiger partial charge in [0.05, 0.1) is 29.8 Å². The fraction of sp³-hybridized carbons (Fsp3) is 0.688. The second-order valence-electron chi connectivity index (χ2n) is 13.4. The minimum Gasteiger partial charge on any atom is -0.461 e. The van der Waals surface area contributed by atoms with E-state index in [0.29, 0.717) is 18.5 Å². The summed E-state index contributed by atoms with van der Waals surface area (Å²) in [5, 5.41) is 17.8. The normalized spacial score (nSPS) is 40.3. The number of carbonyl (C=O) groups excluding carboxylic acids is 3. The van der Waals surface area contributed by atoms with Crippen LogP contribution in [0.15, 0.2) is 36.0 Å². The summed E-state index contributed by atoms with van der Waals surface area (Å²) in [6.07, 6.45) is 9.19. The number of pyridine rings is 1. The molecule has 3 saturated carbocycles. The summed E-state index contributed by atoms with van der Waals surface area (Å²) in [7, 11) is 0. The maximum Gasteiger partial charge on any atom is 0.316 e. The van der Waals surface area contributed by atoms with E-state index in [2.05, 4.69) is 43.0 Å². The number of aliphatic hydroxyl groups is 1. The fourth-order valence-electron chi connectivity index (χ4n) is 8.54. The number of hydrogen-bond acceptors (Lipinski definition) is 8. The Labute approximate surface area is 247 Å². The maximum atomic E-state index is 13.6. The van der Waals surface area contributed by atoms with Gasteiger partial charge in [-0.1, -0.05) is 33.8 Å². The minimum atomic E-state index is -0.689. The van der Waals surface area contributed by atoms with E-state index >= 15 is 0 Å². The molecule has 1 aromatic heterocycles. The first-order valence-corrected chi connectivity index (χ1v) is 16.1. The molecule has 5 rings (SSSR count). The smallest absolute Gasteiger partial charge is 0.316 e. The molecule has 0 spiro atoms. The van der Waals surface area contributed by atoms with Gasteiger partial charge < -0.3 is 20.5 Å². The Bertz CT molecular complexity index is 1200. The molecule has 9 heteroatoms. The van der Waals surface area contributed by atoms with Crippen molar-refractivity contribution in [1.29, 1.82) is 0 Å². The SMILES string of the molecule is C=C[C@]1(C)C[C@@H](OC(=O)CSc2cncc(NC(=O)[C@@H]3CCCN3)c2)[C@]2(C)[C@H](C)CC[C@]3(CCC(=O)[C@H]32)[C@@H](C)[C@@H]1O. The number of aliphatic hydroxyl groups excluding tert-OH is 1. The number of ketones is 1. The van der Waals surface area contributed by atoms with Crippen LogP contribution in [-0.4, -0.2) is 58.3 Å². The zero-order valence-corrected chi connectivity index (χ0v) is 25.6. The molecule has 0 aromatic carbocycles. The molecule has 2 heterocycles. The number of aromatic nitrogens is 1. The highest BCUT2D eigenvalue weighted by atomic mass is 32.2. The van der Waals surface area contributed by atoms with Gasteiger partial charge >= 0.3 is 5.97 Å². The monoisotopic (exact) mass is 583 g/mol. The zero-order valence-electron chi connectivity index (χ0n) is 24.8. The van der Waals surface area contributed by atoms with Crippen molar-refractivity contribution >= 4 is 35.1 Å². The average molecular weight is 584 g/mol. The summed E-state index contributed by atoms with van der Waals surface area (Å²) in [4.78, 5) is 44.5. The summed E-state index contributed by atoms with van der Waals surface area (Å²) >= 11 is 1.31. The van der Waals surface area contributed by atoms with Crippen LogP contribution in [0.5, 0.6) is 0 Å². The van der Waals surface area contributed by atoms with Crippen molar-refractivity contribution in [3.8, 4) is 0 Å². The standard InChI is InChI=1S/C32H45N3O5S/c1-6-30(4)15-25(31(5)19(2)9-11-32(20(3)28(30)38)12-10-24(36)27(31)32)40-26(37)18-41-22-14-21(16-33-17-22)35-29(39)23-8-7-13-34-23/h6,14,16-17,19-20,23,25,27-28,34,38H,1,7-13,15,18H2,2-5H3,(H,35,39)/t19-,20+,23+,25-,27+,28+,30-,31+,32+/m1/s1. The van der Waals surface area contributed by atoms with Gasteiger partial charge in [0.2, 0.25) is 5.91 Å². The van der Waals surface area contributed by atoms with Gasteiger partial charge in [-0.15, -0.1) is 18.3 Å². The third kappa shape index (κ3) is 5.27. The number of anilines is 1. The van der Waals surface area contributed by atoms with Crippen molar-refractivity contribution in [1.82, 2.24) is 10.3 Å². The molecule has 1 amide bonds. The molecule has 3 N–H and O–H groups in total. The predicted molar refractivity (Wildman–Crippen MR) is 159 cm³/mol. The van der Waals surface area contributed by atoms with Gasteiger partial charge in [0.25, 0.3) is 0 Å². The van der Waals surface area contributed by atoms with E-state index in [1.165, 1.54) is 11.8 Å². The number of ether oxygens (including phenoxy) is 1. The first kappa shape index (κ1) is 30.2. The van der Waals surface area contributed by atoms with Crippen molar-refractivity contribution in [2.45, 2.75) is 95.8 Å². The molecule has 1 saturated heterocycles. The van der Waals surface area contributed by atoms with Crippen molar-refractivity contribution in [3.63, 3.8) is 0 Å². The minimum absolute atomic E-state index is 0.0642. The number of amides is 1. The van der Waals surface area contributed by atoms with E-state index in [1.54, 1.807) is 12.4 Å². The van der Waals surface area contributed by atoms with E-state index in [-0.39, 0.29) is 52.6 Å². The number of Topliss-reactive ketones (excluding diaryl/α,β-unsaturated/α-hetero) is 1. The van der Waals surface area contributed by atoms with Crippen LogP contribution in [0.4, 0.5) is 5.69 Å². The van der Waals surface area contributed by atoms with E-state index in [9.17, 15) is 19.5 Å². The molecule has 41 heavy (non-hydrogen) atoms. The fourth-order valence-corrected chi connectivity index (χ4v) is 9.24. The van der Waals surface area contributed by atoms with Crippen LogP contribution < -0.4 is 10.6 Å². The van der Waals surface area contributed by atoms with E-state index in [1.807, 2.05) is 19.1 Å². The number of thioether (sulfide) groups is 1. The lowest BCUT2D eigenvalue weighted by molar-refractivity contribution is -0.205. The topological polar surface area (TPSA) is 118 Å². The number of esters is 1. The molecule has 2 bridgehead atoms. The molecule has 4 aliphatic rings. The lowest BCUT2D eigenvalue weighted by atomic mass is 9.44. The Morgan fingerprint density at radius 3 is 2.76 bits per heavy atom. The van der Waals surface area contributed by atoms with Gasteiger partial charge in [0.15, 0.2) is 0 Å². The third-order valence-corrected chi connectivity index (χ3v) is 12.2. The molecule has 0 radical (unpaired) electrons. The zero-order chi connectivity index (χ0) is 29.6. The molecule has 8 nitrogen and oxygen atoms in total. The maximum absolute atomic E-state index is 13.6. The van der Waals surface area contributed by atoms with Crippen LogP contribution in [-0.2, 0) is 19.1 Å². The lowest BCUT2D eigenvalue weighted by Crippen LogP contribution is -2.63. The van der Waals surface area contributed by atoms with Crippen LogP contribution in [0.3, 0.4) is 0 Å². The largest absolute Gasteiger partial charge is 0.461 e. The molecule has 4 fully saturated rings. The number of nitrogens with zero attached hydrogens (tertiary/aromatic N) is 1. The van der Waals surface area contributed by atoms with E-state index < -0.39 is 23.0 Å². The van der Waals surface area contributed by atoms with Gasteiger partial charge in [-0.2, -0.15) is 0 Å². The predicted octanol–water partition coefficient (Wildman–Crippen LogP) is 4.77. The quantitative estimate of drug-likeness (QED) is 0.239. The number of rotatable bonds is 7. The van der Waals surface area contributed by atoms with Gasteiger partial charge in [0, 0.05) is 34.3 Å². The second kappa shape index (κ2) is 11.5. The summed E-state index contributed by atoms with van der Waals surface area (Å²) in [5.41, 5.74) is -0.909. The Balaban J connectivity index is 1.34. The average Bonchev–Trinajstić information content (AvgIpc) is 3.62. The third-order valence-electron chi connectivity index (χ3n) is 11.3. The molecule has 0 unspecified atom stereocenters. The van der Waals surface area contributed by atoms with Crippen LogP contribution >= 0.6 is 11.8 Å². The summed E-state index contributed by atoms with van der Waals surface area (Å²) in [5.74, 6) is -0.263. The summed E-state index contributed by atoms with van der Waals surface area (Å²) < 4.78 is 6.33. The summed E-state index contributed by atoms with van der Waals surface area (Å²) in [6.45, 7) is 13.4. The van der Waals surface area contributed by atoms with Crippen molar-refractivity contribution in [3.05, 3.63) is 31.1 Å². The van der Waals surface area contributed by atoms with Crippen molar-refractivity contribution in [2.75, 3.05) is 17.6 Å². The molecular formula is C32H45N3O5S. The van der Waals surface area contributed by atoms with E-state index in [4.69, 9.17) is 4.74 Å². The molecular weight excluding hydrogens is 538 g/mol. The Kier molecular flexibility index (Phi) is 8.45. The van der Waals surface area contributed by atoms with Crippen molar-refractivity contribution in [2.24, 2.45) is 34.0 Å². The lowest BCUT2D eigenvalue weighted by Gasteiger charge is -2.61. The number of nitrogens with one attached hydrogen (secondary N) is 2. The number of carbonyl (C=O) groups is 3. The molecule has 224 valence electrons. The van der Waals surface area contributed by atoms with E-state index in [0.717, 1.165) is 43.5 Å². The van der Waals surface area contributed by atoms with Crippen LogP contribution in [0, 0.1) is 34.0 Å². The number of hydrogen-bond donors (Lipinski definition) is 3. The van der Waals surface area contributed by atoms with Crippen LogP contribution in [0.25, 0.3) is 0 Å². The highest BCUT2D eigenvalue weighted by molar-refractivity contribution is 8.00. The Morgan fingerprint density at radius 2 is 2.05 bits per heavy atom. The Hall–Kier alpha value is -2.23. The molecule has 3 aliphatic carbocycles. The van der Waals surface area contributed by atoms with Gasteiger partial charge in [0.1, 0.15) is 11.9 Å². The Morgan fingerprint density at radius 1 is 1.27 bits per heavy atom.